The summed E-state index contributed by atoms with van der Waals surface area (Å²) >= 11 is 5.22. The number of nitrogen functional groups attached to an aromatic ring is 1. The molecule has 0 unspecified atom stereocenters. The second-order valence-corrected chi connectivity index (χ2v) is 10.5. The van der Waals surface area contributed by atoms with Crippen molar-refractivity contribution in [1.29, 1.82) is 0 Å². The number of anilines is 1. The molecular formula is C28H32BrNO6S. The van der Waals surface area contributed by atoms with Gasteiger partial charge in [0.15, 0.2) is 23.0 Å². The molecule has 198 valence electrons. The van der Waals surface area contributed by atoms with Crippen LogP contribution in [0.1, 0.15) is 36.2 Å². The summed E-state index contributed by atoms with van der Waals surface area (Å²) in [5.41, 5.74) is 8.87. The van der Waals surface area contributed by atoms with E-state index in [0.29, 0.717) is 41.0 Å². The predicted octanol–water partition coefficient (Wildman–Crippen LogP) is 6.83. The lowest BCUT2D eigenvalue weighted by molar-refractivity contribution is 0.0437. The van der Waals surface area contributed by atoms with Crippen LogP contribution in [0.4, 0.5) is 5.69 Å². The maximum Gasteiger partial charge on any atom is 0.203 e. The molecule has 7 nitrogen and oxygen atoms in total. The van der Waals surface area contributed by atoms with Crippen molar-refractivity contribution in [1.82, 2.24) is 0 Å². The topological polar surface area (TPSA) is 81.4 Å². The number of halogens is 1. The summed E-state index contributed by atoms with van der Waals surface area (Å²) in [5, 5.41) is 0. The lowest BCUT2D eigenvalue weighted by atomic mass is 10.0. The van der Waals surface area contributed by atoms with Crippen molar-refractivity contribution in [2.24, 2.45) is 0 Å². The highest BCUT2D eigenvalue weighted by Gasteiger charge is 2.30. The van der Waals surface area contributed by atoms with Crippen molar-refractivity contribution in [2.75, 3.05) is 46.5 Å². The number of hydrogen-bond donors (Lipinski definition) is 1. The van der Waals surface area contributed by atoms with E-state index in [1.807, 2.05) is 36.4 Å². The van der Waals surface area contributed by atoms with Crippen molar-refractivity contribution < 1.29 is 28.4 Å². The fourth-order valence-corrected chi connectivity index (χ4v) is 5.75. The maximum absolute atomic E-state index is 6.45. The summed E-state index contributed by atoms with van der Waals surface area (Å²) in [6, 6.07) is 15.9. The van der Waals surface area contributed by atoms with Crippen LogP contribution in [0.2, 0.25) is 0 Å². The molecule has 1 aliphatic rings. The standard InChI is InChI=1S/C28H32BrNO6S/c1-31-24-13-17(12-21(30)27(24)35-10-11-37-20-7-5-6-19(29)16-20)22-8-9-23(36-22)18-14-25(32-2)28(34-4)26(15-18)33-3/h5-7,12-16,22-23H,8-11,30H2,1-4H3/t22-,23-/m0/s1. The van der Waals surface area contributed by atoms with Crippen LogP contribution in [-0.4, -0.2) is 40.8 Å². The van der Waals surface area contributed by atoms with E-state index in [2.05, 4.69) is 28.1 Å². The van der Waals surface area contributed by atoms with Gasteiger partial charge in [-0.3, -0.25) is 0 Å². The van der Waals surface area contributed by atoms with E-state index in [0.717, 1.165) is 34.2 Å². The molecular weight excluding hydrogens is 558 g/mol. The highest BCUT2D eigenvalue weighted by Crippen LogP contribution is 2.47. The van der Waals surface area contributed by atoms with Crippen molar-refractivity contribution in [2.45, 2.75) is 29.9 Å². The molecule has 2 atom stereocenters. The predicted molar refractivity (Wildman–Crippen MR) is 150 cm³/mol. The number of benzene rings is 3. The number of hydrogen-bond acceptors (Lipinski definition) is 8. The molecule has 0 amide bonds. The molecule has 0 radical (unpaired) electrons. The van der Waals surface area contributed by atoms with Crippen LogP contribution in [0.3, 0.4) is 0 Å². The average molecular weight is 591 g/mol. The fraction of sp³-hybridized carbons (Fsp3) is 0.357. The third kappa shape index (κ3) is 6.40. The van der Waals surface area contributed by atoms with Gasteiger partial charge in [-0.05, 0) is 66.4 Å². The zero-order valence-electron chi connectivity index (χ0n) is 21.4. The molecule has 0 spiro atoms. The first-order valence-electron chi connectivity index (χ1n) is 11.9. The van der Waals surface area contributed by atoms with Crippen molar-refractivity contribution in [3.63, 3.8) is 0 Å². The quantitative estimate of drug-likeness (QED) is 0.148. The average Bonchev–Trinajstić information content (AvgIpc) is 3.41. The van der Waals surface area contributed by atoms with Gasteiger partial charge in [0, 0.05) is 15.1 Å². The summed E-state index contributed by atoms with van der Waals surface area (Å²) in [5.74, 6) is 3.71. The second kappa shape index (κ2) is 12.7. The van der Waals surface area contributed by atoms with Gasteiger partial charge in [0.2, 0.25) is 5.75 Å². The van der Waals surface area contributed by atoms with Gasteiger partial charge in [-0.2, -0.15) is 0 Å². The van der Waals surface area contributed by atoms with E-state index in [-0.39, 0.29) is 12.2 Å². The van der Waals surface area contributed by atoms with Crippen molar-refractivity contribution >= 4 is 33.4 Å². The molecule has 3 aromatic carbocycles. The first-order valence-corrected chi connectivity index (χ1v) is 13.7. The Balaban J connectivity index is 1.44. The van der Waals surface area contributed by atoms with E-state index in [9.17, 15) is 0 Å². The van der Waals surface area contributed by atoms with Gasteiger partial charge >= 0.3 is 0 Å². The summed E-state index contributed by atoms with van der Waals surface area (Å²) in [6.07, 6.45) is 1.45. The molecule has 1 heterocycles. The summed E-state index contributed by atoms with van der Waals surface area (Å²) in [7, 11) is 6.43. The minimum Gasteiger partial charge on any atom is -0.493 e. The van der Waals surface area contributed by atoms with Crippen LogP contribution >= 0.6 is 27.7 Å². The Morgan fingerprint density at radius 2 is 1.43 bits per heavy atom. The number of methoxy groups -OCH3 is 4. The molecule has 2 N–H and O–H groups in total. The first kappa shape index (κ1) is 27.3. The van der Waals surface area contributed by atoms with E-state index in [1.54, 1.807) is 40.2 Å². The van der Waals surface area contributed by atoms with E-state index >= 15 is 0 Å². The van der Waals surface area contributed by atoms with Gasteiger partial charge in [0.1, 0.15) is 0 Å². The van der Waals surface area contributed by atoms with Crippen LogP contribution in [-0.2, 0) is 4.74 Å². The third-order valence-electron chi connectivity index (χ3n) is 6.17. The summed E-state index contributed by atoms with van der Waals surface area (Å²) in [4.78, 5) is 1.17. The summed E-state index contributed by atoms with van der Waals surface area (Å²) in [6.45, 7) is 0.500. The van der Waals surface area contributed by atoms with Crippen LogP contribution < -0.4 is 29.4 Å². The Kier molecular flexibility index (Phi) is 9.34. The van der Waals surface area contributed by atoms with E-state index in [4.69, 9.17) is 34.2 Å². The zero-order chi connectivity index (χ0) is 26.4. The zero-order valence-corrected chi connectivity index (χ0v) is 23.8. The Morgan fingerprint density at radius 1 is 0.838 bits per heavy atom. The number of thioether (sulfide) groups is 1. The number of ether oxygens (including phenoxy) is 6. The highest BCUT2D eigenvalue weighted by molar-refractivity contribution is 9.10. The smallest absolute Gasteiger partial charge is 0.203 e. The molecule has 1 saturated heterocycles. The Morgan fingerprint density at radius 3 is 2.00 bits per heavy atom. The van der Waals surface area contributed by atoms with E-state index in [1.165, 1.54) is 4.90 Å². The third-order valence-corrected chi connectivity index (χ3v) is 7.62. The fourth-order valence-electron chi connectivity index (χ4n) is 4.41. The molecule has 0 aromatic heterocycles. The Labute approximate surface area is 230 Å². The number of rotatable bonds is 11. The molecule has 3 aromatic rings. The van der Waals surface area contributed by atoms with Crippen LogP contribution in [0, 0.1) is 0 Å². The number of nitrogens with two attached hydrogens (primary N) is 1. The lowest BCUT2D eigenvalue weighted by Gasteiger charge is -2.20. The van der Waals surface area contributed by atoms with Gasteiger partial charge in [0.05, 0.1) is 52.9 Å². The SMILES string of the molecule is COc1cc([C@@H]2CC[C@@H](c3cc(OC)c(OC)c(OC)c3)O2)cc(N)c1OCCSc1cccc(Br)c1. The minimum absolute atomic E-state index is 0.114. The molecule has 0 saturated carbocycles. The summed E-state index contributed by atoms with van der Waals surface area (Å²) < 4.78 is 35.6. The van der Waals surface area contributed by atoms with Gasteiger partial charge in [-0.1, -0.05) is 22.0 Å². The lowest BCUT2D eigenvalue weighted by Crippen LogP contribution is -2.07. The van der Waals surface area contributed by atoms with Crippen LogP contribution in [0.5, 0.6) is 28.7 Å². The second-order valence-electron chi connectivity index (χ2n) is 8.45. The monoisotopic (exact) mass is 589 g/mol. The largest absolute Gasteiger partial charge is 0.493 e. The Hall–Kier alpha value is -2.75. The molecule has 4 rings (SSSR count). The molecule has 37 heavy (non-hydrogen) atoms. The highest BCUT2D eigenvalue weighted by atomic mass is 79.9. The maximum atomic E-state index is 6.45. The van der Waals surface area contributed by atoms with Gasteiger partial charge in [-0.15, -0.1) is 11.8 Å². The van der Waals surface area contributed by atoms with Gasteiger partial charge in [0.25, 0.3) is 0 Å². The first-order chi connectivity index (χ1) is 18.0. The van der Waals surface area contributed by atoms with E-state index < -0.39 is 0 Å². The molecule has 9 heteroatoms. The Bertz CT molecular complexity index is 1200. The van der Waals surface area contributed by atoms with Gasteiger partial charge in [-0.25, -0.2) is 0 Å². The molecule has 1 aliphatic heterocycles. The normalized spacial score (nSPS) is 16.9. The van der Waals surface area contributed by atoms with Crippen LogP contribution in [0.15, 0.2) is 57.9 Å². The van der Waals surface area contributed by atoms with Gasteiger partial charge < -0.3 is 34.2 Å². The van der Waals surface area contributed by atoms with Crippen LogP contribution in [0.25, 0.3) is 0 Å². The minimum atomic E-state index is -0.124. The molecule has 1 fully saturated rings. The van der Waals surface area contributed by atoms with Crippen molar-refractivity contribution in [3.8, 4) is 28.7 Å². The molecule has 0 bridgehead atoms. The molecule has 0 aliphatic carbocycles. The van der Waals surface area contributed by atoms with Crippen molar-refractivity contribution in [3.05, 3.63) is 64.1 Å².